The molecule has 0 spiro atoms. The van der Waals surface area contributed by atoms with Crippen LogP contribution in [0.15, 0.2) is 0 Å². The molecule has 2 aliphatic rings. The van der Waals surface area contributed by atoms with Crippen LogP contribution in [0.5, 0.6) is 0 Å². The van der Waals surface area contributed by atoms with Gasteiger partial charge in [-0.1, -0.05) is 19.3 Å². The summed E-state index contributed by atoms with van der Waals surface area (Å²) < 4.78 is 11.0. The quantitative estimate of drug-likeness (QED) is 0.788. The fourth-order valence-electron chi connectivity index (χ4n) is 2.86. The fourth-order valence-corrected chi connectivity index (χ4v) is 2.86. The maximum absolute atomic E-state index is 10.2. The van der Waals surface area contributed by atoms with Gasteiger partial charge in [0.2, 0.25) is 0 Å². The van der Waals surface area contributed by atoms with Crippen LogP contribution in [0.25, 0.3) is 0 Å². The zero-order chi connectivity index (χ0) is 12.5. The number of ether oxygens (including phenoxy) is 2. The van der Waals surface area contributed by atoms with E-state index in [-0.39, 0.29) is 5.92 Å². The van der Waals surface area contributed by atoms with Crippen molar-refractivity contribution in [1.29, 1.82) is 0 Å². The van der Waals surface area contributed by atoms with E-state index in [2.05, 4.69) is 0 Å². The lowest BCUT2D eigenvalue weighted by Gasteiger charge is -2.32. The molecule has 1 saturated carbocycles. The zero-order valence-electron chi connectivity index (χ0n) is 10.8. The fraction of sp³-hybridized carbons (Fsp3) is 1.00. The second kappa shape index (κ2) is 5.22. The Hall–Kier alpha value is -0.160. The molecule has 0 aromatic carbocycles. The maximum Gasteiger partial charge on any atom is 0.163 e. The van der Waals surface area contributed by atoms with Crippen molar-refractivity contribution in [2.24, 2.45) is 5.92 Å². The van der Waals surface area contributed by atoms with Gasteiger partial charge >= 0.3 is 0 Å². The summed E-state index contributed by atoms with van der Waals surface area (Å²) in [5, 5.41) is 20.3. The van der Waals surface area contributed by atoms with E-state index in [1.807, 2.05) is 13.8 Å². The highest BCUT2D eigenvalue weighted by Gasteiger charge is 2.41. The monoisotopic (exact) mass is 244 g/mol. The molecular formula is C13H24O4. The number of hydrogen-bond acceptors (Lipinski definition) is 4. The van der Waals surface area contributed by atoms with Gasteiger partial charge in [0.15, 0.2) is 5.79 Å². The van der Waals surface area contributed by atoms with E-state index < -0.39 is 24.1 Å². The van der Waals surface area contributed by atoms with Crippen LogP contribution in [0.2, 0.25) is 0 Å². The summed E-state index contributed by atoms with van der Waals surface area (Å²) >= 11 is 0. The Morgan fingerprint density at radius 2 is 1.71 bits per heavy atom. The van der Waals surface area contributed by atoms with Gasteiger partial charge in [-0.2, -0.15) is 0 Å². The molecule has 3 atom stereocenters. The average Bonchev–Trinajstić information content (AvgIpc) is 2.69. The summed E-state index contributed by atoms with van der Waals surface area (Å²) in [6.45, 7) is 4.01. The number of aliphatic hydroxyl groups excluding tert-OH is 2. The van der Waals surface area contributed by atoms with E-state index in [0.29, 0.717) is 6.61 Å². The van der Waals surface area contributed by atoms with Crippen molar-refractivity contribution in [1.82, 2.24) is 0 Å². The van der Waals surface area contributed by atoms with Crippen molar-refractivity contribution in [3.63, 3.8) is 0 Å². The SMILES string of the molecule is CC1(C)OC[C@@H]([C@H](O)[C@H](O)C2CCCCC2)O1. The lowest BCUT2D eigenvalue weighted by atomic mass is 9.82. The highest BCUT2D eigenvalue weighted by Crippen LogP contribution is 2.31. The third-order valence-electron chi connectivity index (χ3n) is 3.89. The lowest BCUT2D eigenvalue weighted by Crippen LogP contribution is -2.44. The largest absolute Gasteiger partial charge is 0.390 e. The first-order valence-corrected chi connectivity index (χ1v) is 6.67. The number of aliphatic hydroxyl groups is 2. The average molecular weight is 244 g/mol. The Morgan fingerprint density at radius 1 is 1.06 bits per heavy atom. The molecule has 2 N–H and O–H groups in total. The molecular weight excluding hydrogens is 220 g/mol. The first-order chi connectivity index (χ1) is 7.99. The first kappa shape index (κ1) is 13.3. The van der Waals surface area contributed by atoms with Gasteiger partial charge in [0, 0.05) is 0 Å². The molecule has 17 heavy (non-hydrogen) atoms. The van der Waals surface area contributed by atoms with E-state index in [0.717, 1.165) is 25.7 Å². The molecule has 100 valence electrons. The van der Waals surface area contributed by atoms with E-state index in [1.165, 1.54) is 6.42 Å². The molecule has 1 saturated heterocycles. The second-order valence-corrected chi connectivity index (χ2v) is 5.75. The molecule has 4 heteroatoms. The van der Waals surface area contributed by atoms with E-state index in [4.69, 9.17) is 9.47 Å². The Labute approximate surface area is 103 Å². The summed E-state index contributed by atoms with van der Waals surface area (Å²) in [7, 11) is 0. The molecule has 0 aromatic heterocycles. The highest BCUT2D eigenvalue weighted by atomic mass is 16.7. The van der Waals surface area contributed by atoms with Crippen LogP contribution in [-0.4, -0.2) is 40.9 Å². The van der Waals surface area contributed by atoms with Crippen LogP contribution in [0, 0.1) is 5.92 Å². The van der Waals surface area contributed by atoms with Crippen molar-refractivity contribution in [2.45, 2.75) is 70.1 Å². The number of hydrogen-bond donors (Lipinski definition) is 2. The van der Waals surface area contributed by atoms with Gasteiger partial charge in [-0.05, 0) is 32.6 Å². The van der Waals surface area contributed by atoms with Crippen molar-refractivity contribution in [3.05, 3.63) is 0 Å². The standard InChI is InChI=1S/C13H24O4/c1-13(2)16-8-10(17-13)12(15)11(14)9-6-4-3-5-7-9/h9-12,14-15H,3-8H2,1-2H3/t10-,11+,12-/m0/s1. The normalized spacial score (nSPS) is 33.5. The van der Waals surface area contributed by atoms with Gasteiger partial charge in [-0.25, -0.2) is 0 Å². The van der Waals surface area contributed by atoms with Crippen LogP contribution in [0.4, 0.5) is 0 Å². The van der Waals surface area contributed by atoms with Gasteiger partial charge in [-0.15, -0.1) is 0 Å². The topological polar surface area (TPSA) is 58.9 Å². The summed E-state index contributed by atoms with van der Waals surface area (Å²) in [5.41, 5.74) is 0. The molecule has 0 aromatic rings. The minimum Gasteiger partial charge on any atom is -0.390 e. The van der Waals surface area contributed by atoms with Crippen LogP contribution in [0.1, 0.15) is 46.0 Å². The molecule has 0 amide bonds. The summed E-state index contributed by atoms with van der Waals surface area (Å²) in [4.78, 5) is 0. The molecule has 0 bridgehead atoms. The molecule has 0 radical (unpaired) electrons. The minimum absolute atomic E-state index is 0.214. The Kier molecular flexibility index (Phi) is 4.08. The predicted molar refractivity (Wildman–Crippen MR) is 63.5 cm³/mol. The number of rotatable bonds is 3. The molecule has 2 rings (SSSR count). The zero-order valence-corrected chi connectivity index (χ0v) is 10.8. The maximum atomic E-state index is 10.2. The van der Waals surface area contributed by atoms with Crippen molar-refractivity contribution < 1.29 is 19.7 Å². The second-order valence-electron chi connectivity index (χ2n) is 5.75. The smallest absolute Gasteiger partial charge is 0.163 e. The molecule has 4 nitrogen and oxygen atoms in total. The predicted octanol–water partition coefficient (Wildman–Crippen LogP) is 1.44. The van der Waals surface area contributed by atoms with Gasteiger partial charge in [0.25, 0.3) is 0 Å². The Morgan fingerprint density at radius 3 is 2.24 bits per heavy atom. The summed E-state index contributed by atoms with van der Waals surface area (Å²) in [5.74, 6) is -0.427. The van der Waals surface area contributed by atoms with Crippen LogP contribution in [-0.2, 0) is 9.47 Å². The van der Waals surface area contributed by atoms with Crippen molar-refractivity contribution >= 4 is 0 Å². The molecule has 0 unspecified atom stereocenters. The highest BCUT2D eigenvalue weighted by molar-refractivity contribution is 4.86. The lowest BCUT2D eigenvalue weighted by molar-refractivity contribution is -0.164. The van der Waals surface area contributed by atoms with E-state index in [9.17, 15) is 10.2 Å². The molecule has 1 heterocycles. The summed E-state index contributed by atoms with van der Waals surface area (Å²) in [6, 6.07) is 0. The Balaban J connectivity index is 1.88. The third kappa shape index (κ3) is 3.19. The van der Waals surface area contributed by atoms with Gasteiger partial charge < -0.3 is 19.7 Å². The van der Waals surface area contributed by atoms with E-state index in [1.54, 1.807) is 0 Å². The summed E-state index contributed by atoms with van der Waals surface area (Å²) in [6.07, 6.45) is 3.66. The Bertz CT molecular complexity index is 248. The van der Waals surface area contributed by atoms with Gasteiger partial charge in [0.1, 0.15) is 12.2 Å². The van der Waals surface area contributed by atoms with Crippen LogP contribution >= 0.6 is 0 Å². The van der Waals surface area contributed by atoms with Crippen molar-refractivity contribution in [3.8, 4) is 0 Å². The molecule has 1 aliphatic heterocycles. The molecule has 2 fully saturated rings. The van der Waals surface area contributed by atoms with E-state index >= 15 is 0 Å². The van der Waals surface area contributed by atoms with Crippen LogP contribution in [0.3, 0.4) is 0 Å². The van der Waals surface area contributed by atoms with Crippen molar-refractivity contribution in [2.75, 3.05) is 6.61 Å². The van der Waals surface area contributed by atoms with Gasteiger partial charge in [-0.3, -0.25) is 0 Å². The van der Waals surface area contributed by atoms with Gasteiger partial charge in [0.05, 0.1) is 12.7 Å². The first-order valence-electron chi connectivity index (χ1n) is 6.67. The van der Waals surface area contributed by atoms with Crippen LogP contribution < -0.4 is 0 Å². The minimum atomic E-state index is -0.833. The molecule has 1 aliphatic carbocycles. The third-order valence-corrected chi connectivity index (χ3v) is 3.89.